The van der Waals surface area contributed by atoms with Crippen molar-refractivity contribution in [3.63, 3.8) is 0 Å². The monoisotopic (exact) mass is 466 g/mol. The maximum Gasteiger partial charge on any atom is 0.384 e. The molecule has 15 heteroatoms. The van der Waals surface area contributed by atoms with Crippen LogP contribution in [-0.4, -0.2) is 59.8 Å². The molecular weight excluding hydrogens is 456 g/mol. The number of carbonyl (C=O) groups is 1. The Labute approximate surface area is 159 Å². The van der Waals surface area contributed by atoms with Crippen molar-refractivity contribution >= 4 is 5.97 Å². The van der Waals surface area contributed by atoms with E-state index in [0.717, 1.165) is 24.3 Å². The summed E-state index contributed by atoms with van der Waals surface area (Å²) in [6.07, 6.45) is 0. The Kier molecular flexibility index (Phi) is 6.73. The van der Waals surface area contributed by atoms with Gasteiger partial charge in [0.05, 0.1) is 5.56 Å². The number of ether oxygens (including phenoxy) is 1. The van der Waals surface area contributed by atoms with Crippen LogP contribution in [0.15, 0.2) is 30.3 Å². The van der Waals surface area contributed by atoms with Gasteiger partial charge in [0.15, 0.2) is 6.61 Å². The average molecular weight is 466 g/mol. The van der Waals surface area contributed by atoms with Gasteiger partial charge in [-0.3, -0.25) is 0 Å². The van der Waals surface area contributed by atoms with Crippen molar-refractivity contribution in [1.29, 1.82) is 0 Å². The number of hydrogen-bond donors (Lipinski definition) is 1. The van der Waals surface area contributed by atoms with E-state index < -0.39 is 60.3 Å². The fourth-order valence-electron chi connectivity index (χ4n) is 1.86. The molecule has 0 saturated carbocycles. The number of esters is 1. The quantitative estimate of drug-likeness (QED) is 0.426. The first-order valence-corrected chi connectivity index (χ1v) is 7.40. The molecule has 0 radical (unpaired) electrons. The van der Waals surface area contributed by atoms with E-state index in [0.29, 0.717) is 0 Å². The topological polar surface area (TPSA) is 46.5 Å². The third-order valence-corrected chi connectivity index (χ3v) is 3.69. The highest BCUT2D eigenvalue weighted by molar-refractivity contribution is 5.89. The van der Waals surface area contributed by atoms with Crippen LogP contribution in [0.5, 0.6) is 0 Å². The molecule has 0 unspecified atom stereocenters. The maximum absolute atomic E-state index is 13.5. The van der Waals surface area contributed by atoms with Crippen LogP contribution in [0, 0.1) is 0 Å². The van der Waals surface area contributed by atoms with E-state index in [9.17, 15) is 57.5 Å². The molecule has 1 N–H and O–H groups in total. The first-order valence-electron chi connectivity index (χ1n) is 7.40. The molecule has 0 amide bonds. The van der Waals surface area contributed by atoms with E-state index in [4.69, 9.17) is 5.11 Å². The molecule has 1 rings (SSSR count). The summed E-state index contributed by atoms with van der Waals surface area (Å²) in [5.74, 6) is -44.9. The second-order valence-electron chi connectivity index (χ2n) is 5.81. The first-order chi connectivity index (χ1) is 13.3. The third kappa shape index (κ3) is 3.90. The standard InChI is InChI=1S/C15H10F12O3/c16-10(17,6-28)12(20,21)14(24,25)15(26,27)13(22,23)11(18,19)7-30-9(29)8-4-2-1-3-5-8/h1-5,28H,6-7H2. The first kappa shape index (κ1) is 25.8. The fourth-order valence-corrected chi connectivity index (χ4v) is 1.86. The predicted octanol–water partition coefficient (Wildman–Crippen LogP) is 4.65. The summed E-state index contributed by atoms with van der Waals surface area (Å²) in [7, 11) is 0. The molecule has 3 nitrogen and oxygen atoms in total. The second kappa shape index (κ2) is 7.81. The lowest BCUT2D eigenvalue weighted by Gasteiger charge is -2.40. The van der Waals surface area contributed by atoms with Gasteiger partial charge in [0.25, 0.3) is 0 Å². The van der Waals surface area contributed by atoms with Crippen LogP contribution in [0.25, 0.3) is 0 Å². The largest absolute Gasteiger partial charge is 0.455 e. The SMILES string of the molecule is O=C(OCC(F)(F)C(F)(F)C(F)(F)C(F)(F)C(F)(F)C(F)(F)CO)c1ccccc1. The normalized spacial score (nSPS) is 14.6. The molecule has 0 aliphatic heterocycles. The summed E-state index contributed by atoms with van der Waals surface area (Å²) in [6.45, 7) is -6.18. The lowest BCUT2D eigenvalue weighted by molar-refractivity contribution is -0.428. The van der Waals surface area contributed by atoms with Crippen LogP contribution < -0.4 is 0 Å². The van der Waals surface area contributed by atoms with E-state index in [1.807, 2.05) is 0 Å². The average Bonchev–Trinajstić information content (AvgIpc) is 2.65. The molecule has 0 aromatic heterocycles. The molecular formula is C15H10F12O3. The van der Waals surface area contributed by atoms with E-state index in [1.54, 1.807) is 0 Å². The molecule has 1 aromatic carbocycles. The maximum atomic E-state index is 13.5. The zero-order chi connectivity index (χ0) is 23.8. The summed E-state index contributed by atoms with van der Waals surface area (Å²) >= 11 is 0. The van der Waals surface area contributed by atoms with Crippen molar-refractivity contribution in [2.75, 3.05) is 13.2 Å². The molecule has 0 atom stereocenters. The van der Waals surface area contributed by atoms with E-state index in [1.165, 1.54) is 6.07 Å². The number of aliphatic hydroxyl groups excluding tert-OH is 1. The Morgan fingerprint density at radius 2 is 1.10 bits per heavy atom. The minimum absolute atomic E-state index is 0.553. The number of hydrogen-bond acceptors (Lipinski definition) is 3. The number of halogens is 12. The van der Waals surface area contributed by atoms with Crippen molar-refractivity contribution < 1.29 is 67.3 Å². The Morgan fingerprint density at radius 3 is 1.50 bits per heavy atom. The van der Waals surface area contributed by atoms with Gasteiger partial charge in [-0.15, -0.1) is 0 Å². The van der Waals surface area contributed by atoms with Crippen molar-refractivity contribution in [1.82, 2.24) is 0 Å². The van der Waals surface area contributed by atoms with Crippen molar-refractivity contribution in [3.05, 3.63) is 35.9 Å². The van der Waals surface area contributed by atoms with Gasteiger partial charge in [0, 0.05) is 0 Å². The highest BCUT2D eigenvalue weighted by atomic mass is 19.4. The third-order valence-electron chi connectivity index (χ3n) is 3.69. The minimum Gasteiger partial charge on any atom is -0.455 e. The van der Waals surface area contributed by atoms with Crippen LogP contribution in [-0.2, 0) is 4.74 Å². The molecule has 172 valence electrons. The van der Waals surface area contributed by atoms with Gasteiger partial charge in [-0.2, -0.15) is 52.7 Å². The summed E-state index contributed by atoms with van der Waals surface area (Å²) in [4.78, 5) is 11.4. The highest BCUT2D eigenvalue weighted by Crippen LogP contribution is 2.59. The number of carbonyl (C=O) groups excluding carboxylic acids is 1. The number of aliphatic hydroxyl groups is 1. The molecule has 0 spiro atoms. The Bertz CT molecular complexity index is 748. The van der Waals surface area contributed by atoms with Gasteiger partial charge < -0.3 is 9.84 Å². The molecule has 30 heavy (non-hydrogen) atoms. The smallest absolute Gasteiger partial charge is 0.384 e. The van der Waals surface area contributed by atoms with Crippen LogP contribution in [0.2, 0.25) is 0 Å². The van der Waals surface area contributed by atoms with Gasteiger partial charge in [0.2, 0.25) is 0 Å². The zero-order valence-electron chi connectivity index (χ0n) is 14.1. The molecule has 0 aliphatic carbocycles. The minimum atomic E-state index is -7.79. The van der Waals surface area contributed by atoms with Crippen molar-refractivity contribution in [2.24, 2.45) is 0 Å². The summed E-state index contributed by atoms with van der Waals surface area (Å²) in [5, 5.41) is 7.97. The number of benzene rings is 1. The highest BCUT2D eigenvalue weighted by Gasteiger charge is 2.90. The summed E-state index contributed by atoms with van der Waals surface area (Å²) < 4.78 is 163. The van der Waals surface area contributed by atoms with Crippen LogP contribution in [0.1, 0.15) is 10.4 Å². The molecule has 0 heterocycles. The van der Waals surface area contributed by atoms with E-state index >= 15 is 0 Å². The Balaban J connectivity index is 3.23. The summed E-state index contributed by atoms with van der Waals surface area (Å²) in [6, 6.07) is 5.39. The number of rotatable bonds is 9. The van der Waals surface area contributed by atoms with Crippen LogP contribution in [0.3, 0.4) is 0 Å². The van der Waals surface area contributed by atoms with Crippen molar-refractivity contribution in [2.45, 2.75) is 35.5 Å². The van der Waals surface area contributed by atoms with Gasteiger partial charge in [-0.25, -0.2) is 4.79 Å². The zero-order valence-corrected chi connectivity index (χ0v) is 14.1. The molecule has 0 aliphatic rings. The van der Waals surface area contributed by atoms with Gasteiger partial charge in [-0.05, 0) is 12.1 Å². The van der Waals surface area contributed by atoms with Gasteiger partial charge in [0.1, 0.15) is 6.61 Å². The molecule has 1 aromatic rings. The lowest BCUT2D eigenvalue weighted by atomic mass is 9.91. The fraction of sp³-hybridized carbons (Fsp3) is 0.533. The van der Waals surface area contributed by atoms with Gasteiger partial charge in [-0.1, -0.05) is 18.2 Å². The van der Waals surface area contributed by atoms with Gasteiger partial charge >= 0.3 is 41.5 Å². The van der Waals surface area contributed by atoms with E-state index in [2.05, 4.69) is 4.74 Å². The predicted molar refractivity (Wildman–Crippen MR) is 73.5 cm³/mol. The molecule has 0 saturated heterocycles. The summed E-state index contributed by atoms with van der Waals surface area (Å²) in [5.41, 5.74) is -0.553. The molecule has 0 fully saturated rings. The Hall–Kier alpha value is -2.19. The second-order valence-corrected chi connectivity index (χ2v) is 5.81. The van der Waals surface area contributed by atoms with Crippen molar-refractivity contribution in [3.8, 4) is 0 Å². The molecule has 0 bridgehead atoms. The van der Waals surface area contributed by atoms with E-state index in [-0.39, 0.29) is 0 Å². The number of alkyl halides is 12. The van der Waals surface area contributed by atoms with Crippen LogP contribution >= 0.6 is 0 Å². The lowest BCUT2D eigenvalue weighted by Crippen LogP contribution is -2.71. The Morgan fingerprint density at radius 1 is 0.700 bits per heavy atom. The van der Waals surface area contributed by atoms with Crippen LogP contribution in [0.4, 0.5) is 52.7 Å².